The van der Waals surface area contributed by atoms with Gasteiger partial charge in [-0.3, -0.25) is 4.79 Å². The van der Waals surface area contributed by atoms with E-state index in [2.05, 4.69) is 5.32 Å². The van der Waals surface area contributed by atoms with Crippen molar-refractivity contribution >= 4 is 36.5 Å². The predicted molar refractivity (Wildman–Crippen MR) is 167 cm³/mol. The molecule has 13 heteroatoms. The second kappa shape index (κ2) is 12.7. The van der Waals surface area contributed by atoms with E-state index in [9.17, 15) is 34.8 Å². The molecular formula is C33H29F3N2O6S2. The van der Waals surface area contributed by atoms with E-state index in [1.54, 1.807) is 79.7 Å². The highest BCUT2D eigenvalue weighted by molar-refractivity contribution is 7.92. The molecule has 8 nitrogen and oxygen atoms in total. The zero-order valence-corrected chi connectivity index (χ0v) is 26.3. The molecule has 1 heterocycles. The van der Waals surface area contributed by atoms with E-state index in [0.717, 1.165) is 16.4 Å². The first kappa shape index (κ1) is 32.9. The number of nitrogens with one attached hydrogen (secondary N) is 1. The Balaban J connectivity index is 1.50. The van der Waals surface area contributed by atoms with Gasteiger partial charge in [-0.2, -0.15) is 17.5 Å². The molecule has 5 aromatic rings. The van der Waals surface area contributed by atoms with Crippen LogP contribution in [0.1, 0.15) is 22.6 Å². The van der Waals surface area contributed by atoms with Crippen LogP contribution in [0.2, 0.25) is 0 Å². The molecule has 4 aromatic carbocycles. The van der Waals surface area contributed by atoms with Crippen LogP contribution in [0.25, 0.3) is 21.9 Å². The van der Waals surface area contributed by atoms with Crippen molar-refractivity contribution in [3.8, 4) is 11.1 Å². The molecule has 0 saturated heterocycles. The molecule has 5 rings (SSSR count). The van der Waals surface area contributed by atoms with E-state index >= 15 is 0 Å². The Bertz CT molecular complexity index is 2120. The monoisotopic (exact) mass is 670 g/mol. The first-order valence-electron chi connectivity index (χ1n) is 14.0. The number of carbonyl (C=O) groups excluding carboxylic acids is 1. The van der Waals surface area contributed by atoms with Crippen LogP contribution in [0.5, 0.6) is 0 Å². The largest absolute Gasteiger partial charge is 0.455 e. The minimum atomic E-state index is -4.73. The molecule has 1 N–H and O–H groups in total. The fraction of sp³-hybridized carbons (Fsp3) is 0.182. The summed E-state index contributed by atoms with van der Waals surface area (Å²) >= 11 is 0. The number of hydrogen-bond acceptors (Lipinski definition) is 6. The first-order valence-corrected chi connectivity index (χ1v) is 17.1. The van der Waals surface area contributed by atoms with E-state index < -0.39 is 50.0 Å². The smallest absolute Gasteiger partial charge is 0.449 e. The molecule has 0 aliphatic heterocycles. The maximum Gasteiger partial charge on any atom is 0.449 e. The number of hydrogen-bond donors (Lipinski definition) is 1. The number of sulfone groups is 1. The number of carbonyl (C=O) groups is 1. The fourth-order valence-electron chi connectivity index (χ4n) is 5.04. The maximum absolute atomic E-state index is 14.3. The summed E-state index contributed by atoms with van der Waals surface area (Å²) in [5.74, 6) is -2.76. The summed E-state index contributed by atoms with van der Waals surface area (Å²) in [5.41, 5.74) is 2.17. The molecule has 240 valence electrons. The Kier molecular flexibility index (Phi) is 9.12. The lowest BCUT2D eigenvalue weighted by molar-refractivity contribution is -0.153. The Morgan fingerprint density at radius 3 is 2.22 bits per heavy atom. The van der Waals surface area contributed by atoms with Crippen LogP contribution in [0, 0.1) is 6.92 Å². The van der Waals surface area contributed by atoms with E-state index in [1.165, 1.54) is 19.2 Å². The highest BCUT2D eigenvalue weighted by Gasteiger charge is 2.36. The van der Waals surface area contributed by atoms with E-state index in [4.69, 9.17) is 4.42 Å². The molecule has 46 heavy (non-hydrogen) atoms. The number of benzene rings is 4. The van der Waals surface area contributed by atoms with E-state index in [0.29, 0.717) is 33.0 Å². The fourth-order valence-corrected chi connectivity index (χ4v) is 8.10. The summed E-state index contributed by atoms with van der Waals surface area (Å²) in [6.07, 6.45) is -4.73. The van der Waals surface area contributed by atoms with Crippen LogP contribution >= 0.6 is 0 Å². The average molecular weight is 671 g/mol. The molecule has 0 spiro atoms. The molecule has 0 saturated carbocycles. The molecule has 1 amide bonds. The summed E-state index contributed by atoms with van der Waals surface area (Å²) in [6.45, 7) is 0.992. The zero-order chi connectivity index (χ0) is 33.3. The Hall–Kier alpha value is -4.46. The van der Waals surface area contributed by atoms with Crippen molar-refractivity contribution in [2.45, 2.75) is 36.0 Å². The molecular weight excluding hydrogens is 641 g/mol. The summed E-state index contributed by atoms with van der Waals surface area (Å²) in [4.78, 5) is 11.7. The number of alkyl halides is 3. The van der Waals surface area contributed by atoms with Gasteiger partial charge in [0, 0.05) is 19.0 Å². The number of nitrogens with zero attached hydrogens (tertiary/aromatic N) is 1. The van der Waals surface area contributed by atoms with Crippen LogP contribution in [0.3, 0.4) is 0 Å². The predicted octanol–water partition coefficient (Wildman–Crippen LogP) is 6.34. The highest BCUT2D eigenvalue weighted by atomic mass is 32.2. The van der Waals surface area contributed by atoms with Crippen molar-refractivity contribution < 1.29 is 39.2 Å². The summed E-state index contributed by atoms with van der Waals surface area (Å²) in [6, 6.07) is 25.1. The van der Waals surface area contributed by atoms with Gasteiger partial charge in [0.2, 0.25) is 21.7 Å². The van der Waals surface area contributed by atoms with Gasteiger partial charge in [-0.1, -0.05) is 72.8 Å². The number of sulfonamides is 1. The van der Waals surface area contributed by atoms with Crippen molar-refractivity contribution in [1.82, 2.24) is 9.62 Å². The number of aryl methyl sites for hydroxylation is 1. The van der Waals surface area contributed by atoms with Gasteiger partial charge in [0.15, 0.2) is 9.84 Å². The molecule has 1 aromatic heterocycles. The minimum absolute atomic E-state index is 0.0305. The van der Waals surface area contributed by atoms with Gasteiger partial charge < -0.3 is 9.73 Å². The topological polar surface area (TPSA) is 114 Å². The average Bonchev–Trinajstić information content (AvgIpc) is 3.50. The molecule has 0 unspecified atom stereocenters. The summed E-state index contributed by atoms with van der Waals surface area (Å²) in [7, 11) is -6.83. The number of halogens is 3. The minimum Gasteiger partial charge on any atom is -0.455 e. The number of amides is 1. The highest BCUT2D eigenvalue weighted by Crippen LogP contribution is 2.34. The Morgan fingerprint density at radius 2 is 1.54 bits per heavy atom. The SMILES string of the molecule is CNC(=O)CS(=O)(=O)c1cccc(-c2ccc(CN(Cc3ccc(C(F)(F)F)o3)S(=O)(=O)c3c(C)ccc4ccccc34)cc2)c1. The van der Waals surface area contributed by atoms with Gasteiger partial charge in [-0.25, -0.2) is 16.8 Å². The Labute approximate surface area is 264 Å². The summed E-state index contributed by atoms with van der Waals surface area (Å²) in [5, 5.41) is 3.46. The molecule has 0 radical (unpaired) electrons. The standard InChI is InChI=1S/C33H29F3N2O6S2/c1-22-10-13-25-6-3-4-9-29(25)32(22)46(42,43)38(20-27-16-17-30(44-27)33(34,35)36)19-23-11-14-24(15-12-23)26-7-5-8-28(18-26)45(40,41)21-31(39)37-2/h3-18H,19-21H2,1-2H3,(H,37,39). The van der Waals surface area contributed by atoms with Gasteiger partial charge >= 0.3 is 6.18 Å². The third kappa shape index (κ3) is 7.01. The van der Waals surface area contributed by atoms with Gasteiger partial charge in [0.25, 0.3) is 0 Å². The normalized spacial score (nSPS) is 12.5. The zero-order valence-electron chi connectivity index (χ0n) is 24.7. The van der Waals surface area contributed by atoms with Crippen molar-refractivity contribution in [3.05, 3.63) is 120 Å². The van der Waals surface area contributed by atoms with E-state index in [-0.39, 0.29) is 22.1 Å². The number of fused-ring (bicyclic) bond motifs is 1. The van der Waals surface area contributed by atoms with Crippen molar-refractivity contribution in [3.63, 3.8) is 0 Å². The third-order valence-corrected chi connectivity index (χ3v) is 11.0. The lowest BCUT2D eigenvalue weighted by Crippen LogP contribution is -2.31. The van der Waals surface area contributed by atoms with Crippen molar-refractivity contribution in [1.29, 1.82) is 0 Å². The molecule has 0 fully saturated rings. The lowest BCUT2D eigenvalue weighted by atomic mass is 10.0. The van der Waals surface area contributed by atoms with Gasteiger partial charge in [0.05, 0.1) is 16.3 Å². The first-order chi connectivity index (χ1) is 21.7. The second-order valence-electron chi connectivity index (χ2n) is 10.6. The lowest BCUT2D eigenvalue weighted by Gasteiger charge is -2.24. The number of rotatable bonds is 10. The number of furan rings is 1. The maximum atomic E-state index is 14.3. The molecule has 0 bridgehead atoms. The van der Waals surface area contributed by atoms with E-state index in [1.807, 2.05) is 0 Å². The van der Waals surface area contributed by atoms with Crippen LogP contribution < -0.4 is 5.32 Å². The van der Waals surface area contributed by atoms with Gasteiger partial charge in [-0.05, 0) is 58.8 Å². The van der Waals surface area contributed by atoms with Crippen LogP contribution in [0.15, 0.2) is 111 Å². The van der Waals surface area contributed by atoms with Crippen LogP contribution in [0.4, 0.5) is 13.2 Å². The second-order valence-corrected chi connectivity index (χ2v) is 14.5. The molecule has 0 atom stereocenters. The third-order valence-electron chi connectivity index (χ3n) is 7.39. The molecule has 0 aliphatic carbocycles. The summed E-state index contributed by atoms with van der Waals surface area (Å²) < 4.78 is 99.8. The van der Waals surface area contributed by atoms with Gasteiger partial charge in [0.1, 0.15) is 11.5 Å². The molecule has 0 aliphatic rings. The van der Waals surface area contributed by atoms with Crippen molar-refractivity contribution in [2.24, 2.45) is 0 Å². The van der Waals surface area contributed by atoms with Crippen LogP contribution in [-0.2, 0) is 43.9 Å². The van der Waals surface area contributed by atoms with Crippen LogP contribution in [-0.4, -0.2) is 39.8 Å². The Morgan fingerprint density at radius 1 is 0.826 bits per heavy atom. The van der Waals surface area contributed by atoms with Gasteiger partial charge in [-0.15, -0.1) is 0 Å². The quantitative estimate of drug-likeness (QED) is 0.186. The van der Waals surface area contributed by atoms with Crippen molar-refractivity contribution in [2.75, 3.05) is 12.8 Å².